The second-order valence-electron chi connectivity index (χ2n) is 13.8. The molecule has 2 spiro atoms. The summed E-state index contributed by atoms with van der Waals surface area (Å²) in [5.41, 5.74) is 0.629. The molecule has 5 aliphatic carbocycles. The van der Waals surface area contributed by atoms with Crippen LogP contribution in [-0.4, -0.2) is 35.5 Å². The molecule has 8 unspecified atom stereocenters. The SMILES string of the molecule is COC(=O)C[C@@H](C)C1(C)CC(O)C2C3C(O)CC4C(C)(C)CCCC45[C@@H](C)[C@@]35CCC21C. The smallest absolute Gasteiger partial charge is 0.305 e. The molecular formula is C28H46O4. The van der Waals surface area contributed by atoms with E-state index >= 15 is 0 Å². The Bertz CT molecular complexity index is 807. The molecule has 5 saturated carbocycles. The summed E-state index contributed by atoms with van der Waals surface area (Å²) in [6.45, 7) is 14.2. The summed E-state index contributed by atoms with van der Waals surface area (Å²) in [6, 6.07) is 0. The minimum absolute atomic E-state index is 0.0722. The number of rotatable bonds is 3. The Balaban J connectivity index is 1.54. The van der Waals surface area contributed by atoms with Gasteiger partial charge in [0, 0.05) is 6.42 Å². The molecule has 2 N–H and O–H groups in total. The normalized spacial score (nSPS) is 56.3. The zero-order valence-corrected chi connectivity index (χ0v) is 21.4. The van der Waals surface area contributed by atoms with Crippen molar-refractivity contribution in [2.24, 2.45) is 56.7 Å². The van der Waals surface area contributed by atoms with E-state index in [1.54, 1.807) is 0 Å². The van der Waals surface area contributed by atoms with Crippen molar-refractivity contribution in [1.82, 2.24) is 0 Å². The highest BCUT2D eigenvalue weighted by atomic mass is 16.5. The Morgan fingerprint density at radius 2 is 1.69 bits per heavy atom. The number of ether oxygens (including phenoxy) is 1. The minimum atomic E-state index is -0.403. The Kier molecular flexibility index (Phi) is 4.88. The average molecular weight is 447 g/mol. The molecule has 5 fully saturated rings. The average Bonchev–Trinajstić information content (AvgIpc) is 3.14. The Hall–Kier alpha value is -0.610. The van der Waals surface area contributed by atoms with Crippen LogP contribution in [0.1, 0.15) is 92.9 Å². The summed E-state index contributed by atoms with van der Waals surface area (Å²) in [7, 11) is 1.46. The third kappa shape index (κ3) is 2.40. The van der Waals surface area contributed by atoms with E-state index in [9.17, 15) is 15.0 Å². The molecule has 5 rings (SSSR count). The van der Waals surface area contributed by atoms with Crippen LogP contribution in [-0.2, 0) is 9.53 Å². The van der Waals surface area contributed by atoms with Gasteiger partial charge in [0.25, 0.3) is 0 Å². The second kappa shape index (κ2) is 6.74. The van der Waals surface area contributed by atoms with Crippen molar-refractivity contribution in [2.75, 3.05) is 7.11 Å². The van der Waals surface area contributed by atoms with Crippen LogP contribution in [0.2, 0.25) is 0 Å². The fraction of sp³-hybridized carbons (Fsp3) is 0.964. The van der Waals surface area contributed by atoms with E-state index in [4.69, 9.17) is 4.74 Å². The Morgan fingerprint density at radius 3 is 2.34 bits per heavy atom. The van der Waals surface area contributed by atoms with Gasteiger partial charge in [0.05, 0.1) is 19.3 Å². The molecule has 11 atom stereocenters. The number of hydrogen-bond donors (Lipinski definition) is 2. The van der Waals surface area contributed by atoms with Crippen LogP contribution in [0, 0.1) is 56.7 Å². The van der Waals surface area contributed by atoms with Crippen molar-refractivity contribution in [3.05, 3.63) is 0 Å². The monoisotopic (exact) mass is 446 g/mol. The van der Waals surface area contributed by atoms with Crippen molar-refractivity contribution >= 4 is 5.97 Å². The first-order valence-corrected chi connectivity index (χ1v) is 13.3. The van der Waals surface area contributed by atoms with Gasteiger partial charge in [0.2, 0.25) is 0 Å². The largest absolute Gasteiger partial charge is 0.469 e. The zero-order valence-electron chi connectivity index (χ0n) is 21.4. The molecule has 5 aliphatic rings. The molecule has 0 aromatic carbocycles. The molecule has 0 saturated heterocycles. The minimum Gasteiger partial charge on any atom is -0.469 e. The van der Waals surface area contributed by atoms with Gasteiger partial charge in [-0.1, -0.05) is 48.0 Å². The van der Waals surface area contributed by atoms with Gasteiger partial charge in [-0.25, -0.2) is 0 Å². The van der Waals surface area contributed by atoms with Gasteiger partial charge in [0.1, 0.15) is 0 Å². The van der Waals surface area contributed by atoms with Crippen molar-refractivity contribution in [3.8, 4) is 0 Å². The summed E-state index contributed by atoms with van der Waals surface area (Å²) in [6.07, 6.45) is 7.44. The number of carbonyl (C=O) groups is 1. The number of aliphatic hydroxyl groups is 2. The van der Waals surface area contributed by atoms with Crippen LogP contribution in [0.3, 0.4) is 0 Å². The lowest BCUT2D eigenvalue weighted by molar-refractivity contribution is -0.174. The van der Waals surface area contributed by atoms with E-state index < -0.39 is 6.10 Å². The third-order valence-corrected chi connectivity index (χ3v) is 13.1. The third-order valence-electron chi connectivity index (χ3n) is 13.1. The van der Waals surface area contributed by atoms with Gasteiger partial charge in [-0.2, -0.15) is 0 Å². The first-order valence-electron chi connectivity index (χ1n) is 13.3. The predicted molar refractivity (Wildman–Crippen MR) is 125 cm³/mol. The standard InChI is InChI=1S/C28H46O4/c1-16(13-21(31)32-7)26(6)15-19(30)22-23-18(29)14-20-24(3,4)9-8-10-27(20)17(2)28(23,27)12-11-25(22,26)5/h16-20,22-23,29-30H,8-15H2,1-7H3/t16-,17-,18?,19?,20?,22?,23?,25?,26?,27?,28+/m1/s1. The topological polar surface area (TPSA) is 66.8 Å². The molecule has 4 heteroatoms. The van der Waals surface area contributed by atoms with E-state index in [-0.39, 0.29) is 46.1 Å². The number of carbonyl (C=O) groups excluding carboxylic acids is 1. The number of hydrogen-bond acceptors (Lipinski definition) is 4. The molecule has 0 heterocycles. The maximum atomic E-state index is 12.1. The van der Waals surface area contributed by atoms with Crippen LogP contribution < -0.4 is 0 Å². The number of methoxy groups -OCH3 is 1. The number of aliphatic hydroxyl groups excluding tert-OH is 2. The van der Waals surface area contributed by atoms with Gasteiger partial charge < -0.3 is 14.9 Å². The molecule has 0 radical (unpaired) electrons. The maximum Gasteiger partial charge on any atom is 0.305 e. The van der Waals surface area contributed by atoms with Crippen molar-refractivity contribution in [3.63, 3.8) is 0 Å². The van der Waals surface area contributed by atoms with Crippen molar-refractivity contribution in [1.29, 1.82) is 0 Å². The first kappa shape index (κ1) is 23.1. The molecule has 0 aromatic heterocycles. The van der Waals surface area contributed by atoms with Gasteiger partial charge in [-0.3, -0.25) is 4.79 Å². The predicted octanol–water partition coefficient (Wildman–Crippen LogP) is 5.20. The quantitative estimate of drug-likeness (QED) is 0.585. The lowest BCUT2D eigenvalue weighted by Gasteiger charge is -2.61. The molecule has 0 bridgehead atoms. The highest BCUT2D eigenvalue weighted by Crippen LogP contribution is 2.90. The van der Waals surface area contributed by atoms with Crippen molar-refractivity contribution < 1.29 is 19.7 Å². The Labute approximate surface area is 194 Å². The van der Waals surface area contributed by atoms with E-state index in [1.165, 1.54) is 32.8 Å². The fourth-order valence-corrected chi connectivity index (χ4v) is 11.3. The first-order chi connectivity index (χ1) is 14.8. The molecule has 0 aromatic rings. The summed E-state index contributed by atoms with van der Waals surface area (Å²) in [4.78, 5) is 12.1. The van der Waals surface area contributed by atoms with Crippen LogP contribution in [0.4, 0.5) is 0 Å². The molecular weight excluding hydrogens is 400 g/mol. The highest BCUT2D eigenvalue weighted by molar-refractivity contribution is 5.69. The Morgan fingerprint density at radius 1 is 1.00 bits per heavy atom. The summed E-state index contributed by atoms with van der Waals surface area (Å²) >= 11 is 0. The van der Waals surface area contributed by atoms with Gasteiger partial charge in [-0.15, -0.1) is 0 Å². The van der Waals surface area contributed by atoms with Crippen LogP contribution in [0.25, 0.3) is 0 Å². The van der Waals surface area contributed by atoms with Crippen molar-refractivity contribution in [2.45, 2.75) is 105 Å². The van der Waals surface area contributed by atoms with Gasteiger partial charge in [0.15, 0.2) is 0 Å². The van der Waals surface area contributed by atoms with E-state index in [1.807, 2.05) is 0 Å². The molecule has 182 valence electrons. The van der Waals surface area contributed by atoms with Crippen LogP contribution in [0.15, 0.2) is 0 Å². The molecule has 0 amide bonds. The second-order valence-corrected chi connectivity index (χ2v) is 13.8. The maximum absolute atomic E-state index is 12.1. The summed E-state index contributed by atoms with van der Waals surface area (Å²) in [5, 5.41) is 23.4. The van der Waals surface area contributed by atoms with Gasteiger partial charge >= 0.3 is 5.97 Å². The summed E-state index contributed by atoms with van der Waals surface area (Å²) in [5.74, 6) is 1.51. The van der Waals surface area contributed by atoms with Crippen LogP contribution >= 0.6 is 0 Å². The molecule has 0 aliphatic heterocycles. The van der Waals surface area contributed by atoms with Crippen LogP contribution in [0.5, 0.6) is 0 Å². The molecule has 32 heavy (non-hydrogen) atoms. The van der Waals surface area contributed by atoms with E-state index in [0.29, 0.717) is 29.1 Å². The van der Waals surface area contributed by atoms with E-state index in [2.05, 4.69) is 41.5 Å². The highest BCUT2D eigenvalue weighted by Gasteiger charge is 2.86. The molecule has 4 nitrogen and oxygen atoms in total. The van der Waals surface area contributed by atoms with E-state index in [0.717, 1.165) is 19.3 Å². The zero-order chi connectivity index (χ0) is 23.5. The van der Waals surface area contributed by atoms with Gasteiger partial charge in [-0.05, 0) is 95.2 Å². The summed E-state index contributed by atoms with van der Waals surface area (Å²) < 4.78 is 5.00. The lowest BCUT2D eigenvalue weighted by Crippen LogP contribution is -2.59. The lowest BCUT2D eigenvalue weighted by atomic mass is 9.44. The fourth-order valence-electron chi connectivity index (χ4n) is 11.3. The number of fused-ring (bicyclic) bond motifs is 2. The number of esters is 1.